The Kier molecular flexibility index (Phi) is 5.66. The summed E-state index contributed by atoms with van der Waals surface area (Å²) >= 11 is 1.66. The van der Waals surface area contributed by atoms with Gasteiger partial charge in [-0.1, -0.05) is 30.3 Å². The molecule has 0 radical (unpaired) electrons. The van der Waals surface area contributed by atoms with Gasteiger partial charge in [-0.15, -0.1) is 0 Å². The third-order valence-electron chi connectivity index (χ3n) is 4.83. The summed E-state index contributed by atoms with van der Waals surface area (Å²) in [5.41, 5.74) is 2.48. The number of carboxylic acid groups (broad SMARTS) is 1. The van der Waals surface area contributed by atoms with Crippen molar-refractivity contribution >= 4 is 17.3 Å². The maximum atomic E-state index is 11.8. The first-order valence-corrected chi connectivity index (χ1v) is 9.30. The molecule has 3 rings (SSSR count). The van der Waals surface area contributed by atoms with E-state index in [1.54, 1.807) is 11.3 Å². The molecule has 1 aromatic heterocycles. The lowest BCUT2D eigenvalue weighted by molar-refractivity contribution is -0.146. The van der Waals surface area contributed by atoms with Gasteiger partial charge in [0.25, 0.3) is 0 Å². The molecule has 1 aliphatic heterocycles. The van der Waals surface area contributed by atoms with Crippen LogP contribution >= 0.6 is 11.3 Å². The summed E-state index contributed by atoms with van der Waals surface area (Å²) in [5.74, 6) is -0.706. The average Bonchev–Trinajstić information content (AvgIpc) is 3.09. The predicted molar refractivity (Wildman–Crippen MR) is 97.1 cm³/mol. The molecule has 2 aromatic rings. The summed E-state index contributed by atoms with van der Waals surface area (Å²) in [4.78, 5) is 16.2. The molecule has 2 unspecified atom stereocenters. The monoisotopic (exact) mass is 344 g/mol. The first kappa shape index (κ1) is 17.1. The zero-order valence-corrected chi connectivity index (χ0v) is 14.8. The molecule has 128 valence electrons. The maximum absolute atomic E-state index is 11.8. The van der Waals surface area contributed by atoms with Crippen molar-refractivity contribution in [3.05, 3.63) is 58.3 Å². The van der Waals surface area contributed by atoms with E-state index in [1.807, 2.05) is 23.6 Å². The first-order chi connectivity index (χ1) is 11.6. The minimum Gasteiger partial charge on any atom is -0.480 e. The van der Waals surface area contributed by atoms with Crippen LogP contribution < -0.4 is 0 Å². The van der Waals surface area contributed by atoms with E-state index in [2.05, 4.69) is 40.4 Å². The number of piperidine rings is 1. The van der Waals surface area contributed by atoms with Crippen molar-refractivity contribution in [2.75, 3.05) is 13.6 Å². The van der Waals surface area contributed by atoms with Crippen LogP contribution in [-0.4, -0.2) is 46.6 Å². The van der Waals surface area contributed by atoms with Crippen molar-refractivity contribution in [3.63, 3.8) is 0 Å². The number of likely N-dealkylation sites (tertiary alicyclic amines) is 1. The number of carbonyl (C=O) groups is 1. The lowest BCUT2D eigenvalue weighted by atomic mass is 9.95. The average molecular weight is 344 g/mol. The highest BCUT2D eigenvalue weighted by Crippen LogP contribution is 2.25. The number of nitrogens with zero attached hydrogens (tertiary/aromatic N) is 2. The Balaban J connectivity index is 1.62. The van der Waals surface area contributed by atoms with E-state index in [0.717, 1.165) is 26.1 Å². The number of hydrogen-bond acceptors (Lipinski definition) is 4. The largest absolute Gasteiger partial charge is 0.480 e. The molecule has 1 saturated heterocycles. The fraction of sp³-hybridized carbons (Fsp3) is 0.421. The van der Waals surface area contributed by atoms with Gasteiger partial charge in [-0.3, -0.25) is 14.6 Å². The second kappa shape index (κ2) is 7.92. The summed E-state index contributed by atoms with van der Waals surface area (Å²) in [6.07, 6.45) is 1.69. The van der Waals surface area contributed by atoms with Crippen molar-refractivity contribution in [2.24, 2.45) is 0 Å². The van der Waals surface area contributed by atoms with Gasteiger partial charge in [-0.2, -0.15) is 11.3 Å². The summed E-state index contributed by atoms with van der Waals surface area (Å²) in [6, 6.07) is 12.4. The van der Waals surface area contributed by atoms with E-state index >= 15 is 0 Å². The normalized spacial score (nSPS) is 21.9. The van der Waals surface area contributed by atoms with Crippen LogP contribution in [0.2, 0.25) is 0 Å². The Morgan fingerprint density at radius 1 is 1.29 bits per heavy atom. The van der Waals surface area contributed by atoms with Crippen LogP contribution in [0.25, 0.3) is 0 Å². The van der Waals surface area contributed by atoms with Crippen LogP contribution in [0.15, 0.2) is 47.2 Å². The van der Waals surface area contributed by atoms with Gasteiger partial charge in [0.2, 0.25) is 0 Å². The van der Waals surface area contributed by atoms with Crippen molar-refractivity contribution in [1.82, 2.24) is 9.80 Å². The molecule has 0 bridgehead atoms. The third kappa shape index (κ3) is 4.23. The number of aliphatic carboxylic acids is 1. The van der Waals surface area contributed by atoms with Crippen molar-refractivity contribution < 1.29 is 9.90 Å². The molecular formula is C19H24N2O2S. The maximum Gasteiger partial charge on any atom is 0.320 e. The molecule has 0 amide bonds. The highest BCUT2D eigenvalue weighted by atomic mass is 32.1. The molecule has 2 heterocycles. The first-order valence-electron chi connectivity index (χ1n) is 8.35. The van der Waals surface area contributed by atoms with E-state index in [9.17, 15) is 9.90 Å². The van der Waals surface area contributed by atoms with E-state index < -0.39 is 12.0 Å². The molecular weight excluding hydrogens is 320 g/mol. The molecule has 1 aliphatic rings. The SMILES string of the molecule is CN(Cc1ccccc1)C1CCN(Cc2ccsc2)C(C(=O)O)C1. The van der Waals surface area contributed by atoms with E-state index in [4.69, 9.17) is 0 Å². The molecule has 4 nitrogen and oxygen atoms in total. The molecule has 1 N–H and O–H groups in total. The van der Waals surface area contributed by atoms with Gasteiger partial charge < -0.3 is 5.11 Å². The molecule has 0 spiro atoms. The zero-order chi connectivity index (χ0) is 16.9. The van der Waals surface area contributed by atoms with Crippen molar-refractivity contribution in [1.29, 1.82) is 0 Å². The molecule has 0 saturated carbocycles. The highest BCUT2D eigenvalue weighted by molar-refractivity contribution is 7.07. The van der Waals surface area contributed by atoms with Gasteiger partial charge in [-0.05, 0) is 47.8 Å². The number of thiophene rings is 1. The highest BCUT2D eigenvalue weighted by Gasteiger charge is 2.34. The van der Waals surface area contributed by atoms with Gasteiger partial charge in [0.05, 0.1) is 0 Å². The second-order valence-electron chi connectivity index (χ2n) is 6.54. The summed E-state index contributed by atoms with van der Waals surface area (Å²) in [7, 11) is 2.10. The van der Waals surface area contributed by atoms with Gasteiger partial charge in [0, 0.05) is 25.7 Å². The van der Waals surface area contributed by atoms with Gasteiger partial charge in [0.15, 0.2) is 0 Å². The minimum atomic E-state index is -0.706. The Morgan fingerprint density at radius 3 is 2.75 bits per heavy atom. The quantitative estimate of drug-likeness (QED) is 0.873. The van der Waals surface area contributed by atoms with Gasteiger partial charge >= 0.3 is 5.97 Å². The lowest BCUT2D eigenvalue weighted by Crippen LogP contribution is -2.51. The fourth-order valence-corrected chi connectivity index (χ4v) is 4.12. The topological polar surface area (TPSA) is 43.8 Å². The number of rotatable bonds is 6. The fourth-order valence-electron chi connectivity index (χ4n) is 3.46. The Bertz CT molecular complexity index is 645. The second-order valence-corrected chi connectivity index (χ2v) is 7.32. The lowest BCUT2D eigenvalue weighted by Gasteiger charge is -2.40. The number of carboxylic acids is 1. The van der Waals surface area contributed by atoms with Crippen LogP contribution in [0.4, 0.5) is 0 Å². The summed E-state index contributed by atoms with van der Waals surface area (Å²) in [5, 5.41) is 13.8. The third-order valence-corrected chi connectivity index (χ3v) is 5.57. The van der Waals surface area contributed by atoms with Crippen molar-refractivity contribution in [3.8, 4) is 0 Å². The van der Waals surface area contributed by atoms with Crippen LogP contribution in [0.3, 0.4) is 0 Å². The van der Waals surface area contributed by atoms with Gasteiger partial charge in [0.1, 0.15) is 6.04 Å². The zero-order valence-electron chi connectivity index (χ0n) is 14.0. The Morgan fingerprint density at radius 2 is 2.08 bits per heavy atom. The van der Waals surface area contributed by atoms with Crippen molar-refractivity contribution in [2.45, 2.75) is 38.0 Å². The van der Waals surface area contributed by atoms with E-state index in [-0.39, 0.29) is 0 Å². The standard InChI is InChI=1S/C19H24N2O2S/c1-20(12-15-5-3-2-4-6-15)17-7-9-21(18(11-17)19(22)23)13-16-8-10-24-14-16/h2-6,8,10,14,17-18H,7,9,11-13H2,1H3,(H,22,23). The summed E-state index contributed by atoms with van der Waals surface area (Å²) < 4.78 is 0. The molecule has 0 aliphatic carbocycles. The van der Waals surface area contributed by atoms with E-state index in [1.165, 1.54) is 11.1 Å². The Hall–Kier alpha value is -1.69. The van der Waals surface area contributed by atoms with E-state index in [0.29, 0.717) is 12.5 Å². The number of benzene rings is 1. The molecule has 5 heteroatoms. The minimum absolute atomic E-state index is 0.310. The summed E-state index contributed by atoms with van der Waals surface area (Å²) in [6.45, 7) is 2.43. The number of hydrogen-bond donors (Lipinski definition) is 1. The molecule has 1 fully saturated rings. The Labute approximate surface area is 147 Å². The molecule has 24 heavy (non-hydrogen) atoms. The predicted octanol–water partition coefficient (Wildman–Crippen LogP) is 3.30. The smallest absolute Gasteiger partial charge is 0.320 e. The van der Waals surface area contributed by atoms with Crippen LogP contribution in [0.1, 0.15) is 24.0 Å². The van der Waals surface area contributed by atoms with Crippen LogP contribution in [0, 0.1) is 0 Å². The molecule has 1 aromatic carbocycles. The van der Waals surface area contributed by atoms with Crippen LogP contribution in [0.5, 0.6) is 0 Å². The molecule has 2 atom stereocenters. The van der Waals surface area contributed by atoms with Gasteiger partial charge in [-0.25, -0.2) is 0 Å². The van der Waals surface area contributed by atoms with Crippen LogP contribution in [-0.2, 0) is 17.9 Å².